The fourth-order valence-corrected chi connectivity index (χ4v) is 2.35. The van der Waals surface area contributed by atoms with E-state index in [2.05, 4.69) is 36.5 Å². The largest absolute Gasteiger partial charge is 0.348 e. The van der Waals surface area contributed by atoms with E-state index in [1.54, 1.807) is 13.0 Å². The SMILES string of the molecule is Cc1nc(Nc2ccc(Br)c(C)c2)cc(C(=O)NC2CC2)n1. The van der Waals surface area contributed by atoms with Gasteiger partial charge in [-0.25, -0.2) is 9.97 Å². The summed E-state index contributed by atoms with van der Waals surface area (Å²) < 4.78 is 1.06. The van der Waals surface area contributed by atoms with Crippen LogP contribution in [0.5, 0.6) is 0 Å². The number of nitrogens with zero attached hydrogens (tertiary/aromatic N) is 2. The second kappa shape index (κ2) is 6.04. The minimum absolute atomic E-state index is 0.136. The predicted molar refractivity (Wildman–Crippen MR) is 89.4 cm³/mol. The van der Waals surface area contributed by atoms with Crippen molar-refractivity contribution in [1.29, 1.82) is 0 Å². The lowest BCUT2D eigenvalue weighted by Crippen LogP contribution is -2.26. The summed E-state index contributed by atoms with van der Waals surface area (Å²) in [6.45, 7) is 3.81. The molecular formula is C16H17BrN4O. The summed E-state index contributed by atoms with van der Waals surface area (Å²) in [5.74, 6) is 1.05. The summed E-state index contributed by atoms with van der Waals surface area (Å²) in [7, 11) is 0. The molecule has 22 heavy (non-hydrogen) atoms. The summed E-state index contributed by atoms with van der Waals surface area (Å²) in [5, 5.41) is 6.17. The molecule has 1 aliphatic rings. The molecule has 6 heteroatoms. The second-order valence-electron chi connectivity index (χ2n) is 5.52. The molecule has 0 aliphatic heterocycles. The van der Waals surface area contributed by atoms with Crippen LogP contribution in [0.15, 0.2) is 28.7 Å². The number of halogens is 1. The van der Waals surface area contributed by atoms with Gasteiger partial charge in [-0.3, -0.25) is 4.79 Å². The van der Waals surface area contributed by atoms with Gasteiger partial charge < -0.3 is 10.6 Å². The van der Waals surface area contributed by atoms with E-state index in [0.717, 1.165) is 28.6 Å². The molecule has 0 atom stereocenters. The smallest absolute Gasteiger partial charge is 0.270 e. The van der Waals surface area contributed by atoms with Crippen molar-refractivity contribution >= 4 is 33.3 Å². The number of aromatic nitrogens is 2. The van der Waals surface area contributed by atoms with Gasteiger partial charge in [0.2, 0.25) is 0 Å². The molecule has 0 bridgehead atoms. The van der Waals surface area contributed by atoms with Crippen molar-refractivity contribution < 1.29 is 4.79 Å². The Morgan fingerprint density at radius 2 is 2.00 bits per heavy atom. The maximum Gasteiger partial charge on any atom is 0.270 e. The topological polar surface area (TPSA) is 66.9 Å². The van der Waals surface area contributed by atoms with E-state index < -0.39 is 0 Å². The van der Waals surface area contributed by atoms with E-state index in [1.807, 2.05) is 25.1 Å². The van der Waals surface area contributed by atoms with Crippen LogP contribution in [0.25, 0.3) is 0 Å². The number of hydrogen-bond acceptors (Lipinski definition) is 4. The molecule has 3 rings (SSSR count). The van der Waals surface area contributed by atoms with Crippen LogP contribution in [0.3, 0.4) is 0 Å². The zero-order chi connectivity index (χ0) is 15.7. The Balaban J connectivity index is 1.81. The molecule has 0 radical (unpaired) electrons. The Morgan fingerprint density at radius 1 is 1.23 bits per heavy atom. The van der Waals surface area contributed by atoms with E-state index >= 15 is 0 Å². The molecule has 0 unspecified atom stereocenters. The van der Waals surface area contributed by atoms with Gasteiger partial charge in [-0.1, -0.05) is 15.9 Å². The number of nitrogens with one attached hydrogen (secondary N) is 2. The lowest BCUT2D eigenvalue weighted by molar-refractivity contribution is 0.0945. The molecule has 1 heterocycles. The van der Waals surface area contributed by atoms with E-state index in [9.17, 15) is 4.79 Å². The summed E-state index contributed by atoms with van der Waals surface area (Å²) >= 11 is 3.48. The van der Waals surface area contributed by atoms with E-state index in [-0.39, 0.29) is 5.91 Å². The van der Waals surface area contributed by atoms with E-state index in [4.69, 9.17) is 0 Å². The van der Waals surface area contributed by atoms with Gasteiger partial charge in [0.25, 0.3) is 5.91 Å². The van der Waals surface area contributed by atoms with Gasteiger partial charge in [0.15, 0.2) is 0 Å². The molecule has 5 nitrogen and oxygen atoms in total. The van der Waals surface area contributed by atoms with Crippen LogP contribution < -0.4 is 10.6 Å². The maximum atomic E-state index is 12.1. The van der Waals surface area contributed by atoms with E-state index in [1.165, 1.54) is 0 Å². The van der Waals surface area contributed by atoms with Gasteiger partial charge in [0.05, 0.1) is 0 Å². The van der Waals surface area contributed by atoms with Crippen LogP contribution in [0.4, 0.5) is 11.5 Å². The van der Waals surface area contributed by atoms with Crippen molar-refractivity contribution in [2.45, 2.75) is 32.7 Å². The van der Waals surface area contributed by atoms with Crippen molar-refractivity contribution in [2.75, 3.05) is 5.32 Å². The minimum atomic E-state index is -0.136. The molecule has 0 spiro atoms. The average molecular weight is 361 g/mol. The first-order valence-corrected chi connectivity index (χ1v) is 8.00. The molecule has 1 fully saturated rings. The molecule has 2 aromatic rings. The highest BCUT2D eigenvalue weighted by atomic mass is 79.9. The third kappa shape index (κ3) is 3.62. The predicted octanol–water partition coefficient (Wildman–Crippen LogP) is 3.49. The number of hydrogen-bond donors (Lipinski definition) is 2. The average Bonchev–Trinajstić information content (AvgIpc) is 3.26. The number of benzene rings is 1. The van der Waals surface area contributed by atoms with Gasteiger partial charge in [-0.15, -0.1) is 0 Å². The third-order valence-electron chi connectivity index (χ3n) is 3.41. The molecule has 1 saturated carbocycles. The van der Waals surface area contributed by atoms with Crippen LogP contribution in [0, 0.1) is 13.8 Å². The first-order valence-electron chi connectivity index (χ1n) is 7.21. The Morgan fingerprint density at radius 3 is 2.68 bits per heavy atom. The number of anilines is 2. The highest BCUT2D eigenvalue weighted by molar-refractivity contribution is 9.10. The third-order valence-corrected chi connectivity index (χ3v) is 4.30. The molecule has 1 aliphatic carbocycles. The molecule has 114 valence electrons. The van der Waals surface area contributed by atoms with Crippen molar-refractivity contribution in [2.24, 2.45) is 0 Å². The van der Waals surface area contributed by atoms with Gasteiger partial charge >= 0.3 is 0 Å². The standard InChI is InChI=1S/C16H17BrN4O/c1-9-7-12(5-6-13(9)17)20-15-8-14(18-10(2)19-15)16(22)21-11-3-4-11/h5-8,11H,3-4H2,1-2H3,(H,21,22)(H,18,19,20). The normalized spacial score (nSPS) is 13.8. The summed E-state index contributed by atoms with van der Waals surface area (Å²) in [4.78, 5) is 20.7. The lowest BCUT2D eigenvalue weighted by Gasteiger charge is -2.10. The van der Waals surface area contributed by atoms with E-state index in [0.29, 0.717) is 23.4 Å². The fourth-order valence-electron chi connectivity index (χ4n) is 2.11. The first kappa shape index (κ1) is 15.0. The number of aryl methyl sites for hydroxylation is 2. The van der Waals surface area contributed by atoms with Crippen molar-refractivity contribution in [3.63, 3.8) is 0 Å². The Hall–Kier alpha value is -1.95. The van der Waals surface area contributed by atoms with Crippen LogP contribution in [-0.2, 0) is 0 Å². The Kier molecular flexibility index (Phi) is 4.11. The first-order chi connectivity index (χ1) is 10.5. The summed E-state index contributed by atoms with van der Waals surface area (Å²) in [6, 6.07) is 7.95. The van der Waals surface area contributed by atoms with Crippen LogP contribution >= 0.6 is 15.9 Å². The summed E-state index contributed by atoms with van der Waals surface area (Å²) in [5.41, 5.74) is 2.45. The van der Waals surface area contributed by atoms with Gasteiger partial charge in [0.1, 0.15) is 17.3 Å². The number of rotatable bonds is 4. The summed E-state index contributed by atoms with van der Waals surface area (Å²) in [6.07, 6.45) is 2.11. The highest BCUT2D eigenvalue weighted by Crippen LogP contribution is 2.23. The molecule has 1 aromatic heterocycles. The van der Waals surface area contributed by atoms with Crippen LogP contribution in [-0.4, -0.2) is 21.9 Å². The van der Waals surface area contributed by atoms with Crippen LogP contribution in [0.2, 0.25) is 0 Å². The second-order valence-corrected chi connectivity index (χ2v) is 6.38. The number of amides is 1. The lowest BCUT2D eigenvalue weighted by atomic mass is 10.2. The van der Waals surface area contributed by atoms with Crippen molar-refractivity contribution in [3.05, 3.63) is 45.8 Å². The van der Waals surface area contributed by atoms with Gasteiger partial charge in [-0.2, -0.15) is 0 Å². The van der Waals surface area contributed by atoms with Crippen LogP contribution in [0.1, 0.15) is 34.7 Å². The van der Waals surface area contributed by atoms with Crippen molar-refractivity contribution in [3.8, 4) is 0 Å². The molecule has 0 saturated heterocycles. The monoisotopic (exact) mass is 360 g/mol. The molecule has 1 amide bonds. The Labute approximate surface area is 137 Å². The zero-order valence-corrected chi connectivity index (χ0v) is 14.1. The van der Waals surface area contributed by atoms with Gasteiger partial charge in [0, 0.05) is 22.3 Å². The maximum absolute atomic E-state index is 12.1. The molecular weight excluding hydrogens is 344 g/mol. The number of carbonyl (C=O) groups is 1. The molecule has 2 N–H and O–H groups in total. The quantitative estimate of drug-likeness (QED) is 0.875. The van der Waals surface area contributed by atoms with Crippen molar-refractivity contribution in [1.82, 2.24) is 15.3 Å². The van der Waals surface area contributed by atoms with Gasteiger partial charge in [-0.05, 0) is 50.5 Å². The number of carbonyl (C=O) groups excluding carboxylic acids is 1. The fraction of sp³-hybridized carbons (Fsp3) is 0.312. The minimum Gasteiger partial charge on any atom is -0.348 e. The Bertz CT molecular complexity index is 728. The molecule has 1 aromatic carbocycles. The highest BCUT2D eigenvalue weighted by Gasteiger charge is 2.24. The zero-order valence-electron chi connectivity index (χ0n) is 12.5.